The van der Waals surface area contributed by atoms with Crippen LogP contribution in [0.15, 0.2) is 60.8 Å². The number of aryl methyl sites for hydroxylation is 1. The van der Waals surface area contributed by atoms with Gasteiger partial charge < -0.3 is 14.4 Å². The van der Waals surface area contributed by atoms with Crippen LogP contribution in [-0.2, 0) is 17.9 Å². The van der Waals surface area contributed by atoms with Crippen LogP contribution in [-0.4, -0.2) is 38.3 Å². The minimum absolute atomic E-state index is 0.145. The van der Waals surface area contributed by atoms with Crippen LogP contribution >= 0.6 is 0 Å². The summed E-state index contributed by atoms with van der Waals surface area (Å²) >= 11 is 0. The third kappa shape index (κ3) is 5.54. The van der Waals surface area contributed by atoms with Gasteiger partial charge in [-0.15, -0.1) is 0 Å². The average Bonchev–Trinajstić information content (AvgIpc) is 3.24. The number of rotatable bonds is 6. The van der Waals surface area contributed by atoms with Gasteiger partial charge in [-0.3, -0.25) is 9.20 Å². The number of hydrogen-bond donors (Lipinski definition) is 0. The van der Waals surface area contributed by atoms with Crippen LogP contribution in [0.4, 0.5) is 13.6 Å². The SMILES string of the molecule is Cc1nc2c(OCc3c(F)cccc3F)cccn2c1C(=O)CC1CN(C(=O)OC(C)(C)C)Cc2ccccc21. The summed E-state index contributed by atoms with van der Waals surface area (Å²) in [7, 11) is 0. The van der Waals surface area contributed by atoms with Crippen molar-refractivity contribution in [1.29, 1.82) is 0 Å². The third-order valence-electron chi connectivity index (χ3n) is 6.87. The fraction of sp³-hybridized carbons (Fsp3) is 0.323. The maximum Gasteiger partial charge on any atom is 0.410 e. The Morgan fingerprint density at radius 2 is 1.75 bits per heavy atom. The summed E-state index contributed by atoms with van der Waals surface area (Å²) in [5.41, 5.74) is 2.45. The summed E-state index contributed by atoms with van der Waals surface area (Å²) in [5, 5.41) is 0. The van der Waals surface area contributed by atoms with Gasteiger partial charge in [-0.25, -0.2) is 18.6 Å². The topological polar surface area (TPSA) is 73.1 Å². The van der Waals surface area contributed by atoms with Crippen LogP contribution in [0.25, 0.3) is 5.65 Å². The lowest BCUT2D eigenvalue weighted by atomic mass is 9.86. The Kier molecular flexibility index (Phi) is 7.31. The molecule has 1 aliphatic heterocycles. The van der Waals surface area contributed by atoms with Gasteiger partial charge in [0.1, 0.15) is 29.5 Å². The number of ketones is 1. The van der Waals surface area contributed by atoms with E-state index in [9.17, 15) is 18.4 Å². The molecule has 0 bridgehead atoms. The predicted molar refractivity (Wildman–Crippen MR) is 145 cm³/mol. The zero-order chi connectivity index (χ0) is 28.6. The molecule has 5 rings (SSSR count). The van der Waals surface area contributed by atoms with Crippen LogP contribution in [0.2, 0.25) is 0 Å². The minimum atomic E-state index is -0.699. The number of carbonyl (C=O) groups excluding carboxylic acids is 2. The van der Waals surface area contributed by atoms with Crippen molar-refractivity contribution in [3.63, 3.8) is 0 Å². The Morgan fingerprint density at radius 1 is 1.02 bits per heavy atom. The number of nitrogens with zero attached hydrogens (tertiary/aromatic N) is 3. The summed E-state index contributed by atoms with van der Waals surface area (Å²) in [5.74, 6) is -1.48. The molecule has 1 unspecified atom stereocenters. The van der Waals surface area contributed by atoms with Crippen LogP contribution in [0.3, 0.4) is 0 Å². The van der Waals surface area contributed by atoms with Crippen molar-refractivity contribution in [2.75, 3.05) is 6.54 Å². The molecule has 208 valence electrons. The zero-order valence-electron chi connectivity index (χ0n) is 22.9. The van der Waals surface area contributed by atoms with Crippen LogP contribution in [0, 0.1) is 18.6 Å². The Balaban J connectivity index is 1.41. The van der Waals surface area contributed by atoms with Crippen molar-refractivity contribution >= 4 is 17.5 Å². The van der Waals surface area contributed by atoms with Gasteiger partial charge >= 0.3 is 6.09 Å². The molecule has 0 radical (unpaired) electrons. The van der Waals surface area contributed by atoms with Gasteiger partial charge in [0, 0.05) is 31.6 Å². The first-order valence-electron chi connectivity index (χ1n) is 13.1. The van der Waals surface area contributed by atoms with E-state index in [1.54, 1.807) is 34.6 Å². The van der Waals surface area contributed by atoms with E-state index in [2.05, 4.69) is 4.98 Å². The number of pyridine rings is 1. The smallest absolute Gasteiger partial charge is 0.410 e. The summed E-state index contributed by atoms with van der Waals surface area (Å²) < 4.78 is 41.2. The Labute approximate surface area is 231 Å². The van der Waals surface area contributed by atoms with E-state index in [1.807, 2.05) is 45.0 Å². The molecule has 0 N–H and O–H groups in total. The van der Waals surface area contributed by atoms with E-state index in [0.717, 1.165) is 11.1 Å². The van der Waals surface area contributed by atoms with Crippen LogP contribution in [0.5, 0.6) is 5.75 Å². The van der Waals surface area contributed by atoms with Gasteiger partial charge in [-0.1, -0.05) is 30.3 Å². The van der Waals surface area contributed by atoms with Crippen molar-refractivity contribution in [2.45, 2.75) is 58.8 Å². The second-order valence-electron chi connectivity index (χ2n) is 11.0. The Morgan fingerprint density at radius 3 is 2.48 bits per heavy atom. The predicted octanol–water partition coefficient (Wildman–Crippen LogP) is 6.61. The number of imidazole rings is 1. The number of ether oxygens (including phenoxy) is 2. The molecule has 1 aliphatic rings. The molecular weight excluding hydrogens is 516 g/mol. The number of Topliss-reactive ketones (excluding diaryl/α,β-unsaturated/α-hetero) is 1. The molecule has 2 aromatic heterocycles. The number of halogens is 2. The van der Waals surface area contributed by atoms with E-state index >= 15 is 0 Å². The molecule has 0 saturated heterocycles. The molecule has 1 amide bonds. The maximum absolute atomic E-state index is 14.1. The highest BCUT2D eigenvalue weighted by molar-refractivity contribution is 5.97. The van der Waals surface area contributed by atoms with Crippen molar-refractivity contribution in [3.8, 4) is 5.75 Å². The molecule has 7 nitrogen and oxygen atoms in total. The lowest BCUT2D eigenvalue weighted by Crippen LogP contribution is -2.42. The molecule has 40 heavy (non-hydrogen) atoms. The quantitative estimate of drug-likeness (QED) is 0.254. The highest BCUT2D eigenvalue weighted by Gasteiger charge is 2.33. The van der Waals surface area contributed by atoms with Gasteiger partial charge in [0.2, 0.25) is 0 Å². The normalized spacial score (nSPS) is 15.2. The molecule has 2 aromatic carbocycles. The van der Waals surface area contributed by atoms with Gasteiger partial charge in [-0.05, 0) is 63.1 Å². The maximum atomic E-state index is 14.1. The van der Waals surface area contributed by atoms with Crippen molar-refractivity contribution < 1.29 is 27.8 Å². The number of aromatic nitrogens is 2. The third-order valence-corrected chi connectivity index (χ3v) is 6.87. The molecule has 0 aliphatic carbocycles. The van der Waals surface area contributed by atoms with E-state index < -0.39 is 23.3 Å². The molecule has 0 fully saturated rings. The van der Waals surface area contributed by atoms with Gasteiger partial charge in [0.05, 0.1) is 11.3 Å². The van der Waals surface area contributed by atoms with Gasteiger partial charge in [0.15, 0.2) is 17.2 Å². The van der Waals surface area contributed by atoms with E-state index in [0.29, 0.717) is 35.9 Å². The number of carbonyl (C=O) groups is 2. The summed E-state index contributed by atoms with van der Waals surface area (Å²) in [6.45, 7) is 7.63. The molecule has 0 spiro atoms. The van der Waals surface area contributed by atoms with Crippen LogP contribution in [0.1, 0.15) is 66.0 Å². The molecule has 9 heteroatoms. The molecule has 1 atom stereocenters. The largest absolute Gasteiger partial charge is 0.485 e. The Bertz CT molecular complexity index is 1570. The summed E-state index contributed by atoms with van der Waals surface area (Å²) in [6.07, 6.45) is 1.44. The molecular formula is C31H31F2N3O4. The van der Waals surface area contributed by atoms with E-state index in [-0.39, 0.29) is 30.3 Å². The van der Waals surface area contributed by atoms with E-state index in [4.69, 9.17) is 9.47 Å². The molecule has 3 heterocycles. The monoisotopic (exact) mass is 547 g/mol. The minimum Gasteiger partial charge on any atom is -0.485 e. The first kappa shape index (κ1) is 27.3. The molecule has 4 aromatic rings. The van der Waals surface area contributed by atoms with Crippen molar-refractivity contribution in [1.82, 2.24) is 14.3 Å². The first-order valence-corrected chi connectivity index (χ1v) is 13.1. The highest BCUT2D eigenvalue weighted by Crippen LogP contribution is 2.33. The number of fused-ring (bicyclic) bond motifs is 2. The number of hydrogen-bond acceptors (Lipinski definition) is 5. The van der Waals surface area contributed by atoms with Gasteiger partial charge in [-0.2, -0.15) is 0 Å². The highest BCUT2D eigenvalue weighted by atomic mass is 19.1. The first-order chi connectivity index (χ1) is 19.0. The van der Waals surface area contributed by atoms with Gasteiger partial charge in [0.25, 0.3) is 0 Å². The lowest BCUT2D eigenvalue weighted by Gasteiger charge is -2.35. The summed E-state index contributed by atoms with van der Waals surface area (Å²) in [4.78, 5) is 32.9. The average molecular weight is 548 g/mol. The number of amides is 1. The van der Waals surface area contributed by atoms with E-state index in [1.165, 1.54) is 18.2 Å². The molecule has 0 saturated carbocycles. The van der Waals surface area contributed by atoms with Crippen LogP contribution < -0.4 is 4.74 Å². The second-order valence-corrected chi connectivity index (χ2v) is 11.0. The number of benzene rings is 2. The van der Waals surface area contributed by atoms with Crippen molar-refractivity contribution in [2.24, 2.45) is 0 Å². The zero-order valence-corrected chi connectivity index (χ0v) is 22.9. The van der Waals surface area contributed by atoms with Crippen molar-refractivity contribution in [3.05, 3.63) is 101 Å². The Hall–Kier alpha value is -4.27. The second kappa shape index (κ2) is 10.7. The lowest BCUT2D eigenvalue weighted by molar-refractivity contribution is 0.0202. The summed E-state index contributed by atoms with van der Waals surface area (Å²) in [6, 6.07) is 14.8. The fourth-order valence-corrected chi connectivity index (χ4v) is 5.10. The standard InChI is InChI=1S/C31H31F2N3O4/c1-19-28(36-14-8-13-27(29(36)34-19)39-18-23-24(32)11-7-12-25(23)33)26(37)15-21-17-35(30(38)40-31(2,3)4)16-20-9-5-6-10-22(20)21/h5-14,21H,15-18H2,1-4H3. The fourth-order valence-electron chi connectivity index (χ4n) is 5.10.